The quantitative estimate of drug-likeness (QED) is 0.795. The van der Waals surface area contributed by atoms with Crippen LogP contribution in [0.25, 0.3) is 0 Å². The summed E-state index contributed by atoms with van der Waals surface area (Å²) in [5.74, 6) is 1.61. The Labute approximate surface area is 113 Å². The summed E-state index contributed by atoms with van der Waals surface area (Å²) in [4.78, 5) is 0. The van der Waals surface area contributed by atoms with Gasteiger partial charge in [-0.25, -0.2) is 0 Å². The first kappa shape index (κ1) is 13.7. The van der Waals surface area contributed by atoms with E-state index in [1.165, 1.54) is 0 Å². The van der Waals surface area contributed by atoms with Gasteiger partial charge in [0.1, 0.15) is 12.4 Å². The molecule has 0 atom stereocenters. The predicted molar refractivity (Wildman–Crippen MR) is 72.9 cm³/mol. The highest BCUT2D eigenvalue weighted by atomic mass is 16.5. The Morgan fingerprint density at radius 3 is 3.11 bits per heavy atom. The van der Waals surface area contributed by atoms with Crippen molar-refractivity contribution in [2.45, 2.75) is 40.0 Å². The van der Waals surface area contributed by atoms with Crippen molar-refractivity contribution in [3.8, 4) is 5.75 Å². The molecule has 2 rings (SSSR count). The second-order valence-corrected chi connectivity index (χ2v) is 4.43. The van der Waals surface area contributed by atoms with E-state index in [9.17, 15) is 0 Å². The molecule has 0 unspecified atom stereocenters. The molecule has 0 radical (unpaired) electrons. The first-order valence-corrected chi connectivity index (χ1v) is 6.74. The minimum absolute atomic E-state index is 0.434. The zero-order valence-electron chi connectivity index (χ0n) is 11.6. The van der Waals surface area contributed by atoms with Gasteiger partial charge in [-0.2, -0.15) is 5.10 Å². The molecule has 104 valence electrons. The van der Waals surface area contributed by atoms with Crippen LogP contribution in [0.5, 0.6) is 5.75 Å². The van der Waals surface area contributed by atoms with E-state index in [0.29, 0.717) is 6.61 Å². The van der Waals surface area contributed by atoms with Crippen molar-refractivity contribution < 1.29 is 9.15 Å². The molecule has 0 aliphatic carbocycles. The number of nitrogens with zero attached hydrogens (tertiary/aromatic N) is 2. The Morgan fingerprint density at radius 1 is 1.42 bits per heavy atom. The van der Waals surface area contributed by atoms with Crippen molar-refractivity contribution in [3.63, 3.8) is 0 Å². The molecule has 19 heavy (non-hydrogen) atoms. The summed E-state index contributed by atoms with van der Waals surface area (Å²) in [5.41, 5.74) is 1.14. The highest BCUT2D eigenvalue weighted by molar-refractivity contribution is 5.15. The van der Waals surface area contributed by atoms with Gasteiger partial charge in [-0.1, -0.05) is 13.8 Å². The van der Waals surface area contributed by atoms with Gasteiger partial charge in [0.15, 0.2) is 5.75 Å². The number of nitrogens with one attached hydrogen (secondary N) is 1. The van der Waals surface area contributed by atoms with Crippen LogP contribution in [0.3, 0.4) is 0 Å². The van der Waals surface area contributed by atoms with E-state index >= 15 is 0 Å². The molecule has 0 amide bonds. The smallest absolute Gasteiger partial charge is 0.157 e. The van der Waals surface area contributed by atoms with Crippen LogP contribution in [0.4, 0.5) is 0 Å². The van der Waals surface area contributed by atoms with Crippen molar-refractivity contribution in [2.75, 3.05) is 6.54 Å². The molecule has 0 aliphatic heterocycles. The monoisotopic (exact) mass is 263 g/mol. The van der Waals surface area contributed by atoms with E-state index in [4.69, 9.17) is 9.15 Å². The molecule has 5 heteroatoms. The van der Waals surface area contributed by atoms with E-state index in [0.717, 1.165) is 43.1 Å². The number of hydrogen-bond acceptors (Lipinski definition) is 4. The average molecular weight is 263 g/mol. The van der Waals surface area contributed by atoms with Crippen LogP contribution in [0.2, 0.25) is 0 Å². The molecule has 0 saturated carbocycles. The standard InChI is InChI=1S/C14H21N3O2/c1-3-5-17-9-14(8-16-17)19-11-13-6-12(10-18-13)7-15-4-2/h6,8-10,15H,3-5,7,11H2,1-2H3. The minimum atomic E-state index is 0.434. The predicted octanol–water partition coefficient (Wildman–Crippen LogP) is 2.57. The van der Waals surface area contributed by atoms with Crippen LogP contribution < -0.4 is 10.1 Å². The molecule has 0 aromatic carbocycles. The van der Waals surface area contributed by atoms with Crippen molar-refractivity contribution in [2.24, 2.45) is 0 Å². The number of aryl methyl sites for hydroxylation is 1. The van der Waals surface area contributed by atoms with Gasteiger partial charge in [0.05, 0.1) is 18.7 Å². The Morgan fingerprint density at radius 2 is 2.32 bits per heavy atom. The Bertz CT molecular complexity index is 490. The molecule has 0 fully saturated rings. The molecule has 0 bridgehead atoms. The maximum atomic E-state index is 5.64. The van der Waals surface area contributed by atoms with Crippen molar-refractivity contribution in [1.82, 2.24) is 15.1 Å². The summed E-state index contributed by atoms with van der Waals surface area (Å²) < 4.78 is 13.0. The highest BCUT2D eigenvalue weighted by Crippen LogP contribution is 2.13. The van der Waals surface area contributed by atoms with Gasteiger partial charge in [0, 0.05) is 18.7 Å². The van der Waals surface area contributed by atoms with Crippen LogP contribution >= 0.6 is 0 Å². The maximum absolute atomic E-state index is 5.64. The minimum Gasteiger partial charge on any atom is -0.482 e. The fourth-order valence-electron chi connectivity index (χ4n) is 1.79. The first-order chi connectivity index (χ1) is 9.31. The number of hydrogen-bond donors (Lipinski definition) is 1. The molecular formula is C14H21N3O2. The van der Waals surface area contributed by atoms with E-state index in [2.05, 4.69) is 24.3 Å². The van der Waals surface area contributed by atoms with Crippen LogP contribution in [0.15, 0.2) is 29.1 Å². The van der Waals surface area contributed by atoms with Crippen LogP contribution in [-0.4, -0.2) is 16.3 Å². The summed E-state index contributed by atoms with van der Waals surface area (Å²) in [5, 5.41) is 7.47. The van der Waals surface area contributed by atoms with Crippen molar-refractivity contribution in [3.05, 3.63) is 36.0 Å². The van der Waals surface area contributed by atoms with E-state index < -0.39 is 0 Å². The second kappa shape index (κ2) is 6.99. The fourth-order valence-corrected chi connectivity index (χ4v) is 1.79. The summed E-state index contributed by atoms with van der Waals surface area (Å²) in [6, 6.07) is 2.01. The molecule has 0 spiro atoms. The van der Waals surface area contributed by atoms with Crippen molar-refractivity contribution in [1.29, 1.82) is 0 Å². The number of rotatable bonds is 8. The summed E-state index contributed by atoms with van der Waals surface area (Å²) in [6.07, 6.45) is 6.47. The molecule has 0 saturated heterocycles. The molecule has 2 aromatic heterocycles. The molecule has 2 aromatic rings. The zero-order valence-corrected chi connectivity index (χ0v) is 11.6. The van der Waals surface area contributed by atoms with Crippen LogP contribution in [0.1, 0.15) is 31.6 Å². The van der Waals surface area contributed by atoms with Crippen LogP contribution in [-0.2, 0) is 19.7 Å². The SMILES string of the molecule is CCCn1cc(OCc2cc(CNCC)co2)cn1. The first-order valence-electron chi connectivity index (χ1n) is 6.74. The number of furan rings is 1. The summed E-state index contributed by atoms with van der Waals surface area (Å²) in [6.45, 7) is 7.33. The van der Waals surface area contributed by atoms with E-state index in [1.807, 2.05) is 16.9 Å². The van der Waals surface area contributed by atoms with Gasteiger partial charge in [-0.15, -0.1) is 0 Å². The lowest BCUT2D eigenvalue weighted by Crippen LogP contribution is -2.10. The Hall–Kier alpha value is -1.75. The van der Waals surface area contributed by atoms with Gasteiger partial charge in [0.2, 0.25) is 0 Å². The van der Waals surface area contributed by atoms with E-state index in [-0.39, 0.29) is 0 Å². The Balaban J connectivity index is 1.82. The average Bonchev–Trinajstić information content (AvgIpc) is 3.03. The third-order valence-corrected chi connectivity index (χ3v) is 2.73. The third kappa shape index (κ3) is 4.13. The summed E-state index contributed by atoms with van der Waals surface area (Å²) >= 11 is 0. The fraction of sp³-hybridized carbons (Fsp3) is 0.500. The third-order valence-electron chi connectivity index (χ3n) is 2.73. The van der Waals surface area contributed by atoms with Crippen molar-refractivity contribution >= 4 is 0 Å². The van der Waals surface area contributed by atoms with Gasteiger partial charge >= 0.3 is 0 Å². The zero-order chi connectivity index (χ0) is 13.5. The maximum Gasteiger partial charge on any atom is 0.157 e. The summed E-state index contributed by atoms with van der Waals surface area (Å²) in [7, 11) is 0. The topological polar surface area (TPSA) is 52.2 Å². The molecule has 2 heterocycles. The normalized spacial score (nSPS) is 10.8. The van der Waals surface area contributed by atoms with E-state index in [1.54, 1.807) is 12.5 Å². The number of aromatic nitrogens is 2. The second-order valence-electron chi connectivity index (χ2n) is 4.43. The van der Waals surface area contributed by atoms with Gasteiger partial charge in [-0.3, -0.25) is 4.68 Å². The molecule has 0 aliphatic rings. The Kier molecular flexibility index (Phi) is 5.03. The number of ether oxygens (including phenoxy) is 1. The van der Waals surface area contributed by atoms with Gasteiger partial charge in [-0.05, 0) is 19.0 Å². The lowest BCUT2D eigenvalue weighted by atomic mass is 10.3. The highest BCUT2D eigenvalue weighted by Gasteiger charge is 2.04. The molecule has 5 nitrogen and oxygen atoms in total. The van der Waals surface area contributed by atoms with Gasteiger partial charge in [0.25, 0.3) is 0 Å². The lowest BCUT2D eigenvalue weighted by Gasteiger charge is -1.99. The van der Waals surface area contributed by atoms with Crippen LogP contribution in [0, 0.1) is 0 Å². The largest absolute Gasteiger partial charge is 0.482 e. The lowest BCUT2D eigenvalue weighted by molar-refractivity contribution is 0.270. The van der Waals surface area contributed by atoms with Gasteiger partial charge < -0.3 is 14.5 Å². The molecule has 1 N–H and O–H groups in total. The molecular weight excluding hydrogens is 242 g/mol.